The lowest BCUT2D eigenvalue weighted by atomic mass is 10.3. The summed E-state index contributed by atoms with van der Waals surface area (Å²) in [6.45, 7) is 3.49. The fraction of sp³-hybridized carbons (Fsp3) is 0.375. The fourth-order valence-corrected chi connectivity index (χ4v) is 0.758. The van der Waals surface area contributed by atoms with Gasteiger partial charge in [-0.3, -0.25) is 5.10 Å². The van der Waals surface area contributed by atoms with Crippen LogP contribution in [0.2, 0.25) is 0 Å². The van der Waals surface area contributed by atoms with Crippen molar-refractivity contribution in [2.24, 2.45) is 0 Å². The van der Waals surface area contributed by atoms with Crippen molar-refractivity contribution in [2.75, 3.05) is 0 Å². The van der Waals surface area contributed by atoms with Gasteiger partial charge in [0.15, 0.2) is 5.69 Å². The number of ether oxygens (including phenoxy) is 1. The van der Waals surface area contributed by atoms with Crippen LogP contribution in [0.25, 0.3) is 0 Å². The van der Waals surface area contributed by atoms with Crippen LogP contribution in [0.4, 0.5) is 0 Å². The number of rotatable bonds is 2. The number of hydrogen-bond donors (Lipinski definition) is 1. The van der Waals surface area contributed by atoms with Crippen molar-refractivity contribution in [3.8, 4) is 6.07 Å². The highest BCUT2D eigenvalue weighted by Gasteiger charge is 2.12. The molecule has 0 saturated carbocycles. The summed E-state index contributed by atoms with van der Waals surface area (Å²) < 4.78 is 4.86. The molecular formula is C8H9N3O2. The van der Waals surface area contributed by atoms with E-state index >= 15 is 0 Å². The molecule has 68 valence electrons. The average molecular weight is 179 g/mol. The van der Waals surface area contributed by atoms with Crippen LogP contribution in [0.3, 0.4) is 0 Å². The van der Waals surface area contributed by atoms with Gasteiger partial charge < -0.3 is 4.74 Å². The van der Waals surface area contributed by atoms with E-state index in [-0.39, 0.29) is 17.5 Å². The van der Waals surface area contributed by atoms with Gasteiger partial charge in [0, 0.05) is 6.07 Å². The lowest BCUT2D eigenvalue weighted by molar-refractivity contribution is 0.0371. The molecule has 0 unspecified atom stereocenters. The Morgan fingerprint density at radius 2 is 2.46 bits per heavy atom. The summed E-state index contributed by atoms with van der Waals surface area (Å²) in [5.41, 5.74) is 0.376. The number of aromatic nitrogens is 2. The molecule has 0 aliphatic rings. The maximum Gasteiger partial charge on any atom is 0.359 e. The number of H-pyrrole nitrogens is 1. The predicted molar refractivity (Wildman–Crippen MR) is 43.9 cm³/mol. The van der Waals surface area contributed by atoms with Crippen LogP contribution in [0, 0.1) is 11.3 Å². The third-order valence-corrected chi connectivity index (χ3v) is 1.25. The summed E-state index contributed by atoms with van der Waals surface area (Å²) in [6, 6.07) is 3.18. The first-order chi connectivity index (χ1) is 6.13. The molecule has 0 aliphatic carbocycles. The monoisotopic (exact) mass is 179 g/mol. The van der Waals surface area contributed by atoms with Gasteiger partial charge in [-0.15, -0.1) is 0 Å². The number of esters is 1. The van der Waals surface area contributed by atoms with E-state index in [0.29, 0.717) is 0 Å². The van der Waals surface area contributed by atoms with Crippen molar-refractivity contribution >= 4 is 5.97 Å². The Bertz CT molecular complexity index is 349. The second-order valence-electron chi connectivity index (χ2n) is 2.73. The van der Waals surface area contributed by atoms with Crippen LogP contribution >= 0.6 is 0 Å². The van der Waals surface area contributed by atoms with Gasteiger partial charge in [-0.05, 0) is 13.8 Å². The van der Waals surface area contributed by atoms with Crippen LogP contribution in [-0.4, -0.2) is 22.3 Å². The molecule has 1 aromatic rings. The molecule has 0 spiro atoms. The molecule has 0 fully saturated rings. The minimum absolute atomic E-state index is 0.130. The first-order valence-corrected chi connectivity index (χ1v) is 3.80. The van der Waals surface area contributed by atoms with E-state index in [1.54, 1.807) is 13.8 Å². The third-order valence-electron chi connectivity index (χ3n) is 1.25. The number of aromatic amines is 1. The molecule has 1 heterocycles. The molecule has 0 atom stereocenters. The highest BCUT2D eigenvalue weighted by Crippen LogP contribution is 2.02. The standard InChI is InChI=1S/C8H9N3O2/c1-5(2)13-8(12)7-3-6(4-9)10-11-7/h3,5H,1-2H3,(H,10,11). The van der Waals surface area contributed by atoms with Crippen molar-refractivity contribution in [2.45, 2.75) is 20.0 Å². The zero-order valence-electron chi connectivity index (χ0n) is 7.37. The number of carbonyl (C=O) groups excluding carboxylic acids is 1. The maximum absolute atomic E-state index is 11.2. The highest BCUT2D eigenvalue weighted by molar-refractivity contribution is 5.87. The highest BCUT2D eigenvalue weighted by atomic mass is 16.5. The van der Waals surface area contributed by atoms with Crippen LogP contribution in [0.1, 0.15) is 30.0 Å². The fourth-order valence-electron chi connectivity index (χ4n) is 0.758. The first-order valence-electron chi connectivity index (χ1n) is 3.80. The van der Waals surface area contributed by atoms with Gasteiger partial charge in [0.05, 0.1) is 6.10 Å². The number of carbonyl (C=O) groups is 1. The molecule has 5 heteroatoms. The molecule has 0 saturated heterocycles. The largest absolute Gasteiger partial charge is 0.458 e. The summed E-state index contributed by atoms with van der Waals surface area (Å²) in [5, 5.41) is 14.5. The molecule has 1 aromatic heterocycles. The molecule has 0 aliphatic heterocycles. The van der Waals surface area contributed by atoms with E-state index < -0.39 is 5.97 Å². The van der Waals surface area contributed by atoms with Crippen molar-refractivity contribution in [1.82, 2.24) is 10.2 Å². The van der Waals surface area contributed by atoms with Gasteiger partial charge in [-0.2, -0.15) is 10.4 Å². The SMILES string of the molecule is CC(C)OC(=O)c1cc(C#N)[nH]n1. The molecule has 5 nitrogen and oxygen atoms in total. The smallest absolute Gasteiger partial charge is 0.359 e. The molecular weight excluding hydrogens is 170 g/mol. The Morgan fingerprint density at radius 3 is 2.92 bits per heavy atom. The number of nitriles is 1. The van der Waals surface area contributed by atoms with E-state index in [9.17, 15) is 4.79 Å². The molecule has 13 heavy (non-hydrogen) atoms. The first kappa shape index (κ1) is 9.26. The number of nitrogens with one attached hydrogen (secondary N) is 1. The zero-order chi connectivity index (χ0) is 9.84. The van der Waals surface area contributed by atoms with Gasteiger partial charge in [-0.25, -0.2) is 4.79 Å². The molecule has 1 N–H and O–H groups in total. The topological polar surface area (TPSA) is 78.8 Å². The second kappa shape index (κ2) is 3.72. The Labute approximate surface area is 75.3 Å². The summed E-state index contributed by atoms with van der Waals surface area (Å²) in [6.07, 6.45) is -0.185. The average Bonchev–Trinajstić information content (AvgIpc) is 2.50. The van der Waals surface area contributed by atoms with E-state index in [1.807, 2.05) is 6.07 Å². The third kappa shape index (κ3) is 2.30. The van der Waals surface area contributed by atoms with E-state index in [2.05, 4.69) is 10.2 Å². The van der Waals surface area contributed by atoms with Gasteiger partial charge in [0.1, 0.15) is 11.8 Å². The Hall–Kier alpha value is -1.83. The summed E-state index contributed by atoms with van der Waals surface area (Å²) in [7, 11) is 0. The van der Waals surface area contributed by atoms with Crippen LogP contribution in [0.5, 0.6) is 0 Å². The minimum Gasteiger partial charge on any atom is -0.458 e. The maximum atomic E-state index is 11.2. The molecule has 0 bridgehead atoms. The lowest BCUT2D eigenvalue weighted by Gasteiger charge is -2.04. The molecule has 1 rings (SSSR count). The molecule has 0 amide bonds. The quantitative estimate of drug-likeness (QED) is 0.682. The van der Waals surface area contributed by atoms with Crippen LogP contribution in [0.15, 0.2) is 6.07 Å². The minimum atomic E-state index is -0.521. The summed E-state index contributed by atoms with van der Waals surface area (Å²) in [4.78, 5) is 11.2. The summed E-state index contributed by atoms with van der Waals surface area (Å²) >= 11 is 0. The van der Waals surface area contributed by atoms with Gasteiger partial charge >= 0.3 is 5.97 Å². The lowest BCUT2D eigenvalue weighted by Crippen LogP contribution is -2.11. The summed E-state index contributed by atoms with van der Waals surface area (Å²) in [5.74, 6) is -0.521. The van der Waals surface area contributed by atoms with Crippen LogP contribution < -0.4 is 0 Å². The van der Waals surface area contributed by atoms with Gasteiger partial charge in [-0.1, -0.05) is 0 Å². The number of hydrogen-bond acceptors (Lipinski definition) is 4. The van der Waals surface area contributed by atoms with E-state index in [1.165, 1.54) is 6.07 Å². The predicted octanol–water partition coefficient (Wildman–Crippen LogP) is 0.847. The molecule has 0 radical (unpaired) electrons. The normalized spacial score (nSPS) is 9.69. The number of nitrogens with zero attached hydrogens (tertiary/aromatic N) is 2. The second-order valence-corrected chi connectivity index (χ2v) is 2.73. The van der Waals surface area contributed by atoms with Crippen molar-refractivity contribution in [1.29, 1.82) is 5.26 Å². The van der Waals surface area contributed by atoms with Crippen molar-refractivity contribution in [3.05, 3.63) is 17.5 Å². The van der Waals surface area contributed by atoms with Crippen LogP contribution in [-0.2, 0) is 4.74 Å². The zero-order valence-corrected chi connectivity index (χ0v) is 7.37. The molecule has 0 aromatic carbocycles. The van der Waals surface area contributed by atoms with Crippen molar-refractivity contribution in [3.63, 3.8) is 0 Å². The van der Waals surface area contributed by atoms with E-state index in [4.69, 9.17) is 10.00 Å². The van der Waals surface area contributed by atoms with Crippen molar-refractivity contribution < 1.29 is 9.53 Å². The van der Waals surface area contributed by atoms with Gasteiger partial charge in [0.25, 0.3) is 0 Å². The Morgan fingerprint density at radius 1 is 1.77 bits per heavy atom. The Balaban J connectivity index is 2.73. The van der Waals surface area contributed by atoms with Gasteiger partial charge in [0.2, 0.25) is 0 Å². The van der Waals surface area contributed by atoms with E-state index in [0.717, 1.165) is 0 Å². The Kier molecular flexibility index (Phi) is 2.65.